The van der Waals surface area contributed by atoms with Crippen molar-refractivity contribution < 1.29 is 0 Å². The molecule has 17 heavy (non-hydrogen) atoms. The minimum absolute atomic E-state index is 0.107. The third kappa shape index (κ3) is 2.26. The van der Waals surface area contributed by atoms with E-state index in [-0.39, 0.29) is 5.54 Å². The quantitative estimate of drug-likeness (QED) is 0.845. The molecule has 0 radical (unpaired) electrons. The van der Waals surface area contributed by atoms with E-state index < -0.39 is 0 Å². The van der Waals surface area contributed by atoms with Crippen molar-refractivity contribution in [2.75, 3.05) is 11.1 Å². The summed E-state index contributed by atoms with van der Waals surface area (Å²) < 4.78 is 1.87. The first-order chi connectivity index (χ1) is 7.83. The fourth-order valence-electron chi connectivity index (χ4n) is 2.35. The fraction of sp³-hybridized carbons (Fsp3) is 0.769. The van der Waals surface area contributed by atoms with Crippen LogP contribution in [0.1, 0.15) is 52.1 Å². The molecule has 96 valence electrons. The predicted molar refractivity (Wildman–Crippen MR) is 72.1 cm³/mol. The molecule has 0 unspecified atom stereocenters. The summed E-state index contributed by atoms with van der Waals surface area (Å²) in [7, 11) is 1.95. The summed E-state index contributed by atoms with van der Waals surface area (Å²) in [5, 5.41) is 8.07. The topological polar surface area (TPSA) is 55.9 Å². The van der Waals surface area contributed by atoms with Crippen LogP contribution in [0.25, 0.3) is 0 Å². The summed E-state index contributed by atoms with van der Waals surface area (Å²) in [5.74, 6) is 2.09. The Hall–Kier alpha value is -1.19. The molecule has 0 spiro atoms. The number of hydrogen-bond donors (Lipinski definition) is 2. The first-order valence-electron chi connectivity index (χ1n) is 6.43. The lowest BCUT2D eigenvalue weighted by Crippen LogP contribution is -2.34. The van der Waals surface area contributed by atoms with E-state index in [0.29, 0.717) is 5.92 Å². The number of aryl methyl sites for hydroxylation is 1. The van der Waals surface area contributed by atoms with Gasteiger partial charge in [0.25, 0.3) is 0 Å². The summed E-state index contributed by atoms with van der Waals surface area (Å²) in [6.45, 7) is 8.72. The lowest BCUT2D eigenvalue weighted by Gasteiger charge is -2.27. The Labute approximate surface area is 104 Å². The van der Waals surface area contributed by atoms with Gasteiger partial charge in [-0.3, -0.25) is 4.68 Å². The molecule has 3 N–H and O–H groups in total. The Kier molecular flexibility index (Phi) is 2.84. The fourth-order valence-corrected chi connectivity index (χ4v) is 2.35. The van der Waals surface area contributed by atoms with Gasteiger partial charge >= 0.3 is 0 Å². The maximum absolute atomic E-state index is 6.19. The summed E-state index contributed by atoms with van der Waals surface area (Å²) in [5.41, 5.74) is 8.08. The first-order valence-corrected chi connectivity index (χ1v) is 6.43. The highest BCUT2D eigenvalue weighted by Crippen LogP contribution is 2.42. The molecule has 4 nitrogen and oxygen atoms in total. The third-order valence-corrected chi connectivity index (χ3v) is 3.70. The molecule has 1 heterocycles. The van der Waals surface area contributed by atoms with Gasteiger partial charge < -0.3 is 11.1 Å². The zero-order chi connectivity index (χ0) is 12.8. The van der Waals surface area contributed by atoms with E-state index in [1.54, 1.807) is 0 Å². The lowest BCUT2D eigenvalue weighted by molar-refractivity contribution is 0.488. The summed E-state index contributed by atoms with van der Waals surface area (Å²) in [6, 6.07) is 0. The van der Waals surface area contributed by atoms with Crippen molar-refractivity contribution in [1.82, 2.24) is 9.78 Å². The maximum Gasteiger partial charge on any atom is 0.148 e. The van der Waals surface area contributed by atoms with Gasteiger partial charge in [0.1, 0.15) is 5.82 Å². The van der Waals surface area contributed by atoms with Crippen LogP contribution in [-0.4, -0.2) is 15.3 Å². The highest BCUT2D eigenvalue weighted by atomic mass is 15.3. The van der Waals surface area contributed by atoms with Crippen molar-refractivity contribution in [2.45, 2.75) is 52.0 Å². The minimum atomic E-state index is 0.107. The van der Waals surface area contributed by atoms with Gasteiger partial charge in [0, 0.05) is 12.6 Å². The highest BCUT2D eigenvalue weighted by Gasteiger charge is 2.38. The van der Waals surface area contributed by atoms with Crippen LogP contribution in [0.15, 0.2) is 0 Å². The van der Waals surface area contributed by atoms with Gasteiger partial charge in [-0.15, -0.1) is 0 Å². The average Bonchev–Trinajstić information content (AvgIpc) is 3.01. The predicted octanol–water partition coefficient (Wildman–Crippen LogP) is 2.73. The molecule has 0 amide bonds. The smallest absolute Gasteiger partial charge is 0.148 e. The van der Waals surface area contributed by atoms with Crippen LogP contribution < -0.4 is 11.1 Å². The Morgan fingerprint density at radius 2 is 2.00 bits per heavy atom. The van der Waals surface area contributed by atoms with Crippen LogP contribution in [0.2, 0.25) is 0 Å². The molecule has 1 aliphatic carbocycles. The van der Waals surface area contributed by atoms with Crippen LogP contribution in [0, 0.1) is 5.92 Å². The van der Waals surface area contributed by atoms with Crippen molar-refractivity contribution >= 4 is 11.5 Å². The summed E-state index contributed by atoms with van der Waals surface area (Å²) in [6.07, 6.45) is 2.63. The molecule has 1 saturated carbocycles. The molecule has 0 saturated heterocycles. The number of anilines is 2. The van der Waals surface area contributed by atoms with Crippen molar-refractivity contribution in [2.24, 2.45) is 13.0 Å². The number of nitrogen functional groups attached to an aromatic ring is 1. The second kappa shape index (κ2) is 3.93. The molecule has 1 aliphatic rings. The number of aromatic nitrogens is 2. The first kappa shape index (κ1) is 12.3. The van der Waals surface area contributed by atoms with Gasteiger partial charge in [-0.25, -0.2) is 0 Å². The largest absolute Gasteiger partial charge is 0.394 e. The van der Waals surface area contributed by atoms with Crippen LogP contribution in [0.3, 0.4) is 0 Å². The number of hydrogen-bond acceptors (Lipinski definition) is 3. The average molecular weight is 236 g/mol. The molecule has 2 rings (SSSR count). The van der Waals surface area contributed by atoms with Gasteiger partial charge in [-0.1, -0.05) is 13.8 Å². The van der Waals surface area contributed by atoms with E-state index in [1.807, 2.05) is 11.7 Å². The third-order valence-electron chi connectivity index (χ3n) is 3.70. The van der Waals surface area contributed by atoms with Gasteiger partial charge in [-0.2, -0.15) is 5.10 Å². The van der Waals surface area contributed by atoms with E-state index >= 15 is 0 Å². The zero-order valence-corrected chi connectivity index (χ0v) is 11.5. The summed E-state index contributed by atoms with van der Waals surface area (Å²) >= 11 is 0. The van der Waals surface area contributed by atoms with Gasteiger partial charge in [-0.05, 0) is 38.5 Å². The van der Waals surface area contributed by atoms with Crippen LogP contribution >= 0.6 is 0 Å². The molecule has 0 aromatic carbocycles. The number of nitrogens with two attached hydrogens (primary N) is 1. The monoisotopic (exact) mass is 236 g/mol. The summed E-state index contributed by atoms with van der Waals surface area (Å²) in [4.78, 5) is 0. The maximum atomic E-state index is 6.19. The standard InChI is InChI=1S/C13H24N4/c1-8(2)11-10(14)12(17(5)16-11)15-13(3,4)9-6-7-9/h8-9,15H,6-7,14H2,1-5H3. The van der Waals surface area contributed by atoms with E-state index in [0.717, 1.165) is 23.1 Å². The Morgan fingerprint density at radius 1 is 1.41 bits per heavy atom. The van der Waals surface area contributed by atoms with Gasteiger partial charge in [0.05, 0.1) is 11.4 Å². The van der Waals surface area contributed by atoms with Crippen molar-refractivity contribution in [1.29, 1.82) is 0 Å². The normalized spacial score (nSPS) is 16.6. The van der Waals surface area contributed by atoms with Crippen molar-refractivity contribution in [3.05, 3.63) is 5.69 Å². The van der Waals surface area contributed by atoms with Crippen molar-refractivity contribution in [3.63, 3.8) is 0 Å². The molecular weight excluding hydrogens is 212 g/mol. The Morgan fingerprint density at radius 3 is 2.41 bits per heavy atom. The second-order valence-electron chi connectivity index (χ2n) is 6.05. The van der Waals surface area contributed by atoms with Crippen molar-refractivity contribution in [3.8, 4) is 0 Å². The molecule has 0 aliphatic heterocycles. The van der Waals surface area contributed by atoms with E-state index in [2.05, 4.69) is 38.1 Å². The highest BCUT2D eigenvalue weighted by molar-refractivity contribution is 5.66. The molecule has 4 heteroatoms. The molecule has 0 bridgehead atoms. The molecule has 1 aromatic heterocycles. The number of rotatable bonds is 4. The van der Waals surface area contributed by atoms with Gasteiger partial charge in [0.15, 0.2) is 0 Å². The molecule has 1 fully saturated rings. The van der Waals surface area contributed by atoms with Crippen LogP contribution in [-0.2, 0) is 7.05 Å². The van der Waals surface area contributed by atoms with Gasteiger partial charge in [0.2, 0.25) is 0 Å². The Bertz CT molecular complexity index is 413. The second-order valence-corrected chi connectivity index (χ2v) is 6.05. The molecule has 1 aromatic rings. The minimum Gasteiger partial charge on any atom is -0.394 e. The zero-order valence-electron chi connectivity index (χ0n) is 11.5. The lowest BCUT2D eigenvalue weighted by atomic mass is 9.98. The number of nitrogens with one attached hydrogen (secondary N) is 1. The SMILES string of the molecule is CC(C)c1nn(C)c(NC(C)(C)C2CC2)c1N. The van der Waals surface area contributed by atoms with E-state index in [4.69, 9.17) is 5.73 Å². The van der Waals surface area contributed by atoms with Crippen LogP contribution in [0.5, 0.6) is 0 Å². The van der Waals surface area contributed by atoms with Crippen LogP contribution in [0.4, 0.5) is 11.5 Å². The van der Waals surface area contributed by atoms with E-state index in [1.165, 1.54) is 12.8 Å². The Balaban J connectivity index is 2.26. The van der Waals surface area contributed by atoms with E-state index in [9.17, 15) is 0 Å². The number of nitrogens with zero attached hydrogens (tertiary/aromatic N) is 2. The molecular formula is C13H24N4. The molecule has 0 atom stereocenters.